The first kappa shape index (κ1) is 13.3. The Morgan fingerprint density at radius 2 is 2.10 bits per heavy atom. The maximum absolute atomic E-state index is 4.53. The molecule has 0 spiro atoms. The van der Waals surface area contributed by atoms with Crippen LogP contribution in [0.2, 0.25) is 0 Å². The molecule has 4 heteroatoms. The third kappa shape index (κ3) is 3.26. The van der Waals surface area contributed by atoms with Crippen molar-refractivity contribution in [3.05, 3.63) is 54.1 Å². The Morgan fingerprint density at radius 1 is 1.25 bits per heavy atom. The second kappa shape index (κ2) is 6.20. The molecule has 0 amide bonds. The van der Waals surface area contributed by atoms with Gasteiger partial charge in [-0.1, -0.05) is 30.3 Å². The predicted molar refractivity (Wildman–Crippen MR) is 80.5 cm³/mol. The van der Waals surface area contributed by atoms with Gasteiger partial charge in [-0.2, -0.15) is 0 Å². The number of imidazole rings is 1. The Hall–Kier alpha value is -1.65. The zero-order valence-electron chi connectivity index (χ0n) is 12.0. The lowest BCUT2D eigenvalue weighted by molar-refractivity contribution is 0.193. The fourth-order valence-electron chi connectivity index (χ4n) is 2.77. The van der Waals surface area contributed by atoms with E-state index in [0.29, 0.717) is 6.04 Å². The molecule has 0 bridgehead atoms. The second-order valence-corrected chi connectivity index (χ2v) is 5.55. The first-order valence-corrected chi connectivity index (χ1v) is 7.31. The molecular weight excluding hydrogens is 248 g/mol. The highest BCUT2D eigenvalue weighted by molar-refractivity contribution is 5.15. The van der Waals surface area contributed by atoms with Gasteiger partial charge in [0.25, 0.3) is 0 Å². The van der Waals surface area contributed by atoms with Gasteiger partial charge in [-0.05, 0) is 12.5 Å². The van der Waals surface area contributed by atoms with E-state index in [1.54, 1.807) is 0 Å². The molecule has 1 fully saturated rings. The van der Waals surface area contributed by atoms with E-state index < -0.39 is 0 Å². The van der Waals surface area contributed by atoms with Gasteiger partial charge in [0.15, 0.2) is 0 Å². The number of nitrogens with zero attached hydrogens (tertiary/aromatic N) is 3. The first-order chi connectivity index (χ1) is 9.81. The van der Waals surface area contributed by atoms with E-state index in [1.807, 2.05) is 6.20 Å². The van der Waals surface area contributed by atoms with Gasteiger partial charge in [0.05, 0.1) is 6.54 Å². The summed E-state index contributed by atoms with van der Waals surface area (Å²) in [5.41, 5.74) is 1.32. The summed E-state index contributed by atoms with van der Waals surface area (Å²) < 4.78 is 2.25. The van der Waals surface area contributed by atoms with Crippen LogP contribution < -0.4 is 5.32 Å². The molecule has 2 aromatic rings. The lowest BCUT2D eigenvalue weighted by Gasteiger charge is -2.31. The molecule has 106 valence electrons. The summed E-state index contributed by atoms with van der Waals surface area (Å²) in [6.45, 7) is 7.34. The summed E-state index contributed by atoms with van der Waals surface area (Å²) in [5.74, 6) is 1.16. The van der Waals surface area contributed by atoms with E-state index in [-0.39, 0.29) is 0 Å². The van der Waals surface area contributed by atoms with Crippen LogP contribution in [0.3, 0.4) is 0 Å². The zero-order chi connectivity index (χ0) is 13.8. The summed E-state index contributed by atoms with van der Waals surface area (Å²) in [5, 5.41) is 3.48. The smallest absolute Gasteiger partial charge is 0.123 e. The standard InChI is InChI=1S/C16H22N4/c1-14-11-19(9-7-17-14)13-16-18-8-10-20(16)12-15-5-3-2-4-6-15/h2-6,8,10,14,17H,7,9,11-13H2,1H3/t14-/m0/s1. The van der Waals surface area contributed by atoms with Gasteiger partial charge in [0, 0.05) is 44.6 Å². The topological polar surface area (TPSA) is 33.1 Å². The van der Waals surface area contributed by atoms with E-state index in [1.165, 1.54) is 5.56 Å². The van der Waals surface area contributed by atoms with E-state index >= 15 is 0 Å². The molecule has 4 nitrogen and oxygen atoms in total. The molecule has 0 unspecified atom stereocenters. The van der Waals surface area contributed by atoms with Crippen molar-refractivity contribution >= 4 is 0 Å². The molecule has 3 rings (SSSR count). The molecule has 1 N–H and O–H groups in total. The van der Waals surface area contributed by atoms with Crippen LogP contribution in [0, 0.1) is 0 Å². The van der Waals surface area contributed by atoms with Crippen molar-refractivity contribution in [2.24, 2.45) is 0 Å². The van der Waals surface area contributed by atoms with Crippen LogP contribution in [-0.2, 0) is 13.1 Å². The van der Waals surface area contributed by atoms with Crippen LogP contribution in [0.25, 0.3) is 0 Å². The van der Waals surface area contributed by atoms with E-state index in [2.05, 4.69) is 63.2 Å². The normalized spacial score (nSPS) is 20.1. The van der Waals surface area contributed by atoms with Crippen LogP contribution in [0.5, 0.6) is 0 Å². The third-order valence-corrected chi connectivity index (χ3v) is 3.82. The zero-order valence-corrected chi connectivity index (χ0v) is 12.0. The summed E-state index contributed by atoms with van der Waals surface area (Å²) in [4.78, 5) is 7.01. The largest absolute Gasteiger partial charge is 0.329 e. The Labute approximate surface area is 120 Å². The van der Waals surface area contributed by atoms with Crippen LogP contribution >= 0.6 is 0 Å². The number of piperazine rings is 1. The first-order valence-electron chi connectivity index (χ1n) is 7.31. The van der Waals surface area contributed by atoms with Crippen molar-refractivity contribution in [3.8, 4) is 0 Å². The van der Waals surface area contributed by atoms with Gasteiger partial charge in [-0.3, -0.25) is 4.90 Å². The van der Waals surface area contributed by atoms with Crippen LogP contribution in [-0.4, -0.2) is 40.1 Å². The molecule has 0 saturated carbocycles. The van der Waals surface area contributed by atoms with Crippen molar-refractivity contribution in [2.45, 2.75) is 26.1 Å². The summed E-state index contributed by atoms with van der Waals surface area (Å²) in [7, 11) is 0. The second-order valence-electron chi connectivity index (χ2n) is 5.55. The molecule has 1 aliphatic rings. The molecule has 1 saturated heterocycles. The third-order valence-electron chi connectivity index (χ3n) is 3.82. The predicted octanol–water partition coefficient (Wildman–Crippen LogP) is 1.73. The molecule has 0 radical (unpaired) electrons. The molecule has 1 aromatic carbocycles. The Morgan fingerprint density at radius 3 is 2.90 bits per heavy atom. The molecule has 1 aliphatic heterocycles. The highest BCUT2D eigenvalue weighted by atomic mass is 15.2. The van der Waals surface area contributed by atoms with Crippen molar-refractivity contribution in [3.63, 3.8) is 0 Å². The lowest BCUT2D eigenvalue weighted by Crippen LogP contribution is -2.48. The van der Waals surface area contributed by atoms with Gasteiger partial charge in [0.1, 0.15) is 5.82 Å². The quantitative estimate of drug-likeness (QED) is 0.918. The lowest BCUT2D eigenvalue weighted by atomic mass is 10.2. The number of benzene rings is 1. The number of rotatable bonds is 4. The average molecular weight is 270 g/mol. The van der Waals surface area contributed by atoms with Gasteiger partial charge >= 0.3 is 0 Å². The summed E-state index contributed by atoms with van der Waals surface area (Å²) in [6.07, 6.45) is 3.98. The number of hydrogen-bond acceptors (Lipinski definition) is 3. The SMILES string of the molecule is C[C@H]1CN(Cc2nccn2Cc2ccccc2)CCN1. The van der Waals surface area contributed by atoms with Gasteiger partial charge in [-0.15, -0.1) is 0 Å². The fraction of sp³-hybridized carbons (Fsp3) is 0.438. The minimum absolute atomic E-state index is 0.571. The highest BCUT2D eigenvalue weighted by Gasteiger charge is 2.17. The highest BCUT2D eigenvalue weighted by Crippen LogP contribution is 2.09. The Kier molecular flexibility index (Phi) is 4.14. The van der Waals surface area contributed by atoms with Gasteiger partial charge < -0.3 is 9.88 Å². The maximum atomic E-state index is 4.53. The monoisotopic (exact) mass is 270 g/mol. The Bertz CT molecular complexity index is 534. The van der Waals surface area contributed by atoms with Gasteiger partial charge in [-0.25, -0.2) is 4.98 Å². The average Bonchev–Trinajstić information content (AvgIpc) is 2.87. The van der Waals surface area contributed by atoms with Crippen LogP contribution in [0.1, 0.15) is 18.3 Å². The van der Waals surface area contributed by atoms with E-state index in [9.17, 15) is 0 Å². The minimum atomic E-state index is 0.571. The number of hydrogen-bond donors (Lipinski definition) is 1. The molecule has 1 atom stereocenters. The van der Waals surface area contributed by atoms with Crippen molar-refractivity contribution < 1.29 is 0 Å². The molecular formula is C16H22N4. The van der Waals surface area contributed by atoms with E-state index in [4.69, 9.17) is 0 Å². The van der Waals surface area contributed by atoms with Crippen molar-refractivity contribution in [2.75, 3.05) is 19.6 Å². The molecule has 20 heavy (non-hydrogen) atoms. The fourth-order valence-corrected chi connectivity index (χ4v) is 2.77. The van der Waals surface area contributed by atoms with Gasteiger partial charge in [0.2, 0.25) is 0 Å². The molecule has 0 aliphatic carbocycles. The van der Waals surface area contributed by atoms with Crippen LogP contribution in [0.15, 0.2) is 42.7 Å². The van der Waals surface area contributed by atoms with Crippen molar-refractivity contribution in [1.29, 1.82) is 0 Å². The van der Waals surface area contributed by atoms with E-state index in [0.717, 1.165) is 38.5 Å². The molecule has 2 heterocycles. The maximum Gasteiger partial charge on any atom is 0.123 e. The molecule has 1 aromatic heterocycles. The number of aromatic nitrogens is 2. The summed E-state index contributed by atoms with van der Waals surface area (Å²) in [6, 6.07) is 11.1. The minimum Gasteiger partial charge on any atom is -0.329 e. The van der Waals surface area contributed by atoms with Crippen LogP contribution in [0.4, 0.5) is 0 Å². The number of nitrogens with one attached hydrogen (secondary N) is 1. The van der Waals surface area contributed by atoms with Crippen molar-refractivity contribution in [1.82, 2.24) is 19.8 Å². The summed E-state index contributed by atoms with van der Waals surface area (Å²) >= 11 is 0. The Balaban J connectivity index is 1.67.